The Hall–Kier alpha value is -3.55. The number of piperidine rings is 2. The highest BCUT2D eigenvalue weighted by molar-refractivity contribution is 6.09. The van der Waals surface area contributed by atoms with Gasteiger partial charge in [-0.05, 0) is 64.9 Å². The molecule has 2 fully saturated rings. The van der Waals surface area contributed by atoms with Crippen molar-refractivity contribution >= 4 is 16.8 Å². The predicted molar refractivity (Wildman–Crippen MR) is 155 cm³/mol. The first-order chi connectivity index (χ1) is 19.2. The van der Waals surface area contributed by atoms with Gasteiger partial charge in [-0.1, -0.05) is 55.0 Å². The lowest BCUT2D eigenvalue weighted by Gasteiger charge is -2.40. The smallest absolute Gasteiger partial charge is 0.252 e. The number of fused-ring (bicyclic) bond motifs is 1. The zero-order valence-electron chi connectivity index (χ0n) is 22.8. The van der Waals surface area contributed by atoms with Crippen molar-refractivity contribution < 1.29 is 4.79 Å². The standard InChI is InChI=1S/C32H38N6O/c1-23(25-20-33-34-21-25)35-32(39)30-27-12-6-7-13-29(27)36-31(24-10-4-2-5-11-24)28(30)22-37-18-14-26(15-19-37)38-16-8-3-9-17-38/h2,4-7,10-13,20-21,23,26H,3,8-9,14-19,22H2,1H3,(H,33,34)(H,35,39). The van der Waals surface area contributed by atoms with Gasteiger partial charge in [0.25, 0.3) is 5.91 Å². The van der Waals surface area contributed by atoms with E-state index in [0.717, 1.165) is 51.9 Å². The third kappa shape index (κ3) is 5.60. The topological polar surface area (TPSA) is 77.2 Å². The second kappa shape index (κ2) is 11.7. The average molecular weight is 523 g/mol. The summed E-state index contributed by atoms with van der Waals surface area (Å²) in [4.78, 5) is 24.5. The number of carbonyl (C=O) groups is 1. The fourth-order valence-electron chi connectivity index (χ4n) is 6.30. The van der Waals surface area contributed by atoms with E-state index in [4.69, 9.17) is 4.98 Å². The number of pyridine rings is 1. The van der Waals surface area contributed by atoms with E-state index < -0.39 is 0 Å². The van der Waals surface area contributed by atoms with Crippen LogP contribution in [0.4, 0.5) is 0 Å². The van der Waals surface area contributed by atoms with Gasteiger partial charge in [-0.25, -0.2) is 4.98 Å². The van der Waals surface area contributed by atoms with Crippen molar-refractivity contribution in [2.45, 2.75) is 57.7 Å². The molecule has 39 heavy (non-hydrogen) atoms. The summed E-state index contributed by atoms with van der Waals surface area (Å²) in [6, 6.07) is 18.8. The Kier molecular flexibility index (Phi) is 7.70. The van der Waals surface area contributed by atoms with Crippen LogP contribution in [0.5, 0.6) is 0 Å². The molecule has 2 aliphatic rings. The maximum Gasteiger partial charge on any atom is 0.252 e. The Morgan fingerprint density at radius 3 is 2.49 bits per heavy atom. The monoisotopic (exact) mass is 522 g/mol. The molecule has 1 unspecified atom stereocenters. The van der Waals surface area contributed by atoms with E-state index in [2.05, 4.69) is 37.4 Å². The fraction of sp³-hybridized carbons (Fsp3) is 0.406. The third-order valence-corrected chi connectivity index (χ3v) is 8.48. The van der Waals surface area contributed by atoms with Crippen molar-refractivity contribution in [1.82, 2.24) is 30.3 Å². The number of rotatable bonds is 7. The van der Waals surface area contributed by atoms with E-state index in [1.807, 2.05) is 55.6 Å². The summed E-state index contributed by atoms with van der Waals surface area (Å²) in [5.74, 6) is -0.0716. The van der Waals surface area contributed by atoms with Crippen molar-refractivity contribution in [3.63, 3.8) is 0 Å². The molecule has 1 amide bonds. The summed E-state index contributed by atoms with van der Waals surface area (Å²) < 4.78 is 0. The van der Waals surface area contributed by atoms with Gasteiger partial charge in [0.05, 0.1) is 29.0 Å². The number of H-pyrrole nitrogens is 1. The molecule has 2 aromatic carbocycles. The van der Waals surface area contributed by atoms with Crippen molar-refractivity contribution in [3.05, 3.63) is 83.7 Å². The Balaban J connectivity index is 1.36. The van der Waals surface area contributed by atoms with Crippen LogP contribution < -0.4 is 5.32 Å². The lowest BCUT2D eigenvalue weighted by molar-refractivity contribution is 0.0884. The fourth-order valence-corrected chi connectivity index (χ4v) is 6.30. The third-order valence-electron chi connectivity index (χ3n) is 8.48. The molecule has 0 aliphatic carbocycles. The second-order valence-electron chi connectivity index (χ2n) is 11.0. The molecule has 0 spiro atoms. The Labute approximate surface area is 230 Å². The number of carbonyl (C=O) groups excluding carboxylic acids is 1. The summed E-state index contributed by atoms with van der Waals surface area (Å²) in [7, 11) is 0. The van der Waals surface area contributed by atoms with Gasteiger partial charge in [0.2, 0.25) is 0 Å². The number of amides is 1. The molecule has 0 radical (unpaired) electrons. The SMILES string of the molecule is CC(NC(=O)c1c(CN2CCC(N3CCCCC3)CC2)c(-c2ccccc2)nc2ccccc12)c1cn[nH]c1. The molecule has 4 aromatic rings. The molecule has 6 rings (SSSR count). The van der Waals surface area contributed by atoms with Crippen molar-refractivity contribution in [2.75, 3.05) is 26.2 Å². The number of aromatic amines is 1. The zero-order chi connectivity index (χ0) is 26.6. The molecule has 2 aliphatic heterocycles. The quantitative estimate of drug-likeness (QED) is 0.332. The zero-order valence-corrected chi connectivity index (χ0v) is 22.8. The number of benzene rings is 2. The summed E-state index contributed by atoms with van der Waals surface area (Å²) >= 11 is 0. The van der Waals surface area contributed by atoms with Gasteiger partial charge in [0, 0.05) is 40.9 Å². The van der Waals surface area contributed by atoms with E-state index >= 15 is 0 Å². The number of nitrogens with zero attached hydrogens (tertiary/aromatic N) is 4. The van der Waals surface area contributed by atoms with Gasteiger partial charge in [-0.2, -0.15) is 5.10 Å². The lowest BCUT2D eigenvalue weighted by atomic mass is 9.94. The van der Waals surface area contributed by atoms with Crippen LogP contribution in [0.15, 0.2) is 67.0 Å². The van der Waals surface area contributed by atoms with Gasteiger partial charge in [0.15, 0.2) is 0 Å². The second-order valence-corrected chi connectivity index (χ2v) is 11.0. The lowest BCUT2D eigenvalue weighted by Crippen LogP contribution is -2.46. The molecule has 2 saturated heterocycles. The molecule has 202 valence electrons. The Morgan fingerprint density at radius 2 is 1.74 bits per heavy atom. The van der Waals surface area contributed by atoms with E-state index in [9.17, 15) is 4.79 Å². The Bertz CT molecular complexity index is 1390. The summed E-state index contributed by atoms with van der Waals surface area (Å²) in [5, 5.41) is 11.1. The molecule has 1 atom stereocenters. The highest BCUT2D eigenvalue weighted by Gasteiger charge is 2.29. The summed E-state index contributed by atoms with van der Waals surface area (Å²) in [5.41, 5.74) is 5.46. The first-order valence-corrected chi connectivity index (χ1v) is 14.4. The minimum absolute atomic E-state index is 0.0716. The average Bonchev–Trinajstić information content (AvgIpc) is 3.54. The van der Waals surface area contributed by atoms with Crippen LogP contribution in [0.3, 0.4) is 0 Å². The van der Waals surface area contributed by atoms with E-state index in [1.165, 1.54) is 45.2 Å². The van der Waals surface area contributed by atoms with E-state index in [1.54, 1.807) is 6.20 Å². The van der Waals surface area contributed by atoms with Gasteiger partial charge < -0.3 is 10.2 Å². The molecule has 2 N–H and O–H groups in total. The van der Waals surface area contributed by atoms with Gasteiger partial charge >= 0.3 is 0 Å². The molecule has 0 bridgehead atoms. The van der Waals surface area contributed by atoms with Crippen LogP contribution in [0.2, 0.25) is 0 Å². The van der Waals surface area contributed by atoms with Crippen molar-refractivity contribution in [1.29, 1.82) is 0 Å². The first-order valence-electron chi connectivity index (χ1n) is 14.4. The molecule has 7 heteroatoms. The highest BCUT2D eigenvalue weighted by atomic mass is 16.1. The van der Waals surface area contributed by atoms with Gasteiger partial charge in [-0.3, -0.25) is 14.8 Å². The summed E-state index contributed by atoms with van der Waals surface area (Å²) in [6.45, 7) is 7.27. The number of nitrogens with one attached hydrogen (secondary N) is 2. The molecular formula is C32H38N6O. The minimum Gasteiger partial charge on any atom is -0.345 e. The van der Waals surface area contributed by atoms with Crippen LogP contribution in [0.1, 0.15) is 66.6 Å². The van der Waals surface area contributed by atoms with E-state index in [0.29, 0.717) is 12.6 Å². The number of para-hydroxylation sites is 1. The number of aromatic nitrogens is 3. The maximum atomic E-state index is 14.1. The van der Waals surface area contributed by atoms with Gasteiger partial charge in [-0.15, -0.1) is 0 Å². The predicted octanol–water partition coefficient (Wildman–Crippen LogP) is 5.57. The number of likely N-dealkylation sites (tertiary alicyclic amines) is 2. The highest BCUT2D eigenvalue weighted by Crippen LogP contribution is 2.33. The van der Waals surface area contributed by atoms with Crippen LogP contribution in [0.25, 0.3) is 22.2 Å². The largest absolute Gasteiger partial charge is 0.345 e. The van der Waals surface area contributed by atoms with Crippen LogP contribution in [-0.4, -0.2) is 63.1 Å². The molecule has 7 nitrogen and oxygen atoms in total. The number of hydrogen-bond acceptors (Lipinski definition) is 5. The van der Waals surface area contributed by atoms with E-state index in [-0.39, 0.29) is 11.9 Å². The van der Waals surface area contributed by atoms with Crippen LogP contribution >= 0.6 is 0 Å². The Morgan fingerprint density at radius 1 is 1.00 bits per heavy atom. The minimum atomic E-state index is -0.170. The maximum absolute atomic E-state index is 14.1. The van der Waals surface area contributed by atoms with Crippen molar-refractivity contribution in [3.8, 4) is 11.3 Å². The molecule has 2 aromatic heterocycles. The van der Waals surface area contributed by atoms with Crippen LogP contribution in [-0.2, 0) is 6.54 Å². The first kappa shape index (κ1) is 25.7. The normalized spacial score (nSPS) is 18.3. The van der Waals surface area contributed by atoms with Gasteiger partial charge in [0.1, 0.15) is 0 Å². The van der Waals surface area contributed by atoms with Crippen molar-refractivity contribution in [2.24, 2.45) is 0 Å². The molecular weight excluding hydrogens is 484 g/mol. The summed E-state index contributed by atoms with van der Waals surface area (Å²) in [6.07, 6.45) is 9.99. The number of hydrogen-bond donors (Lipinski definition) is 2. The molecule has 0 saturated carbocycles. The molecule has 4 heterocycles. The van der Waals surface area contributed by atoms with Crippen LogP contribution in [0, 0.1) is 0 Å².